The molecule has 0 spiro atoms. The Bertz CT molecular complexity index is 493. The lowest BCUT2D eigenvalue weighted by molar-refractivity contribution is 0.313. The van der Waals surface area contributed by atoms with Crippen LogP contribution in [0.3, 0.4) is 0 Å². The summed E-state index contributed by atoms with van der Waals surface area (Å²) in [5, 5.41) is 24.5. The highest BCUT2D eigenvalue weighted by atomic mass is 16.4. The molecule has 0 atom stereocenters. The molecule has 0 amide bonds. The van der Waals surface area contributed by atoms with Crippen LogP contribution in [-0.4, -0.2) is 21.8 Å². The van der Waals surface area contributed by atoms with Gasteiger partial charge in [-0.3, -0.25) is 0 Å². The molecule has 0 saturated carbocycles. The van der Waals surface area contributed by atoms with E-state index in [2.05, 4.69) is 16.4 Å². The summed E-state index contributed by atoms with van der Waals surface area (Å²) in [6, 6.07) is 6.06. The van der Waals surface area contributed by atoms with Gasteiger partial charge in [-0.25, -0.2) is 0 Å². The fourth-order valence-electron chi connectivity index (χ4n) is 2.45. The van der Waals surface area contributed by atoms with Crippen molar-refractivity contribution < 1.29 is 10.4 Å². The van der Waals surface area contributed by atoms with Crippen molar-refractivity contribution in [3.05, 3.63) is 34.9 Å². The molecule has 96 valence electrons. The van der Waals surface area contributed by atoms with E-state index in [-0.39, 0.29) is 0 Å². The Balaban J connectivity index is 2.38. The average molecular weight is 246 g/mol. The molecule has 0 unspecified atom stereocenters. The molecule has 0 saturated heterocycles. The Morgan fingerprint density at radius 2 is 1.83 bits per heavy atom. The summed E-state index contributed by atoms with van der Waals surface area (Å²) in [6.45, 7) is 1.86. The van der Waals surface area contributed by atoms with Crippen molar-refractivity contribution in [3.63, 3.8) is 0 Å². The third-order valence-corrected chi connectivity index (χ3v) is 3.45. The Labute approximate surface area is 107 Å². The number of nitrogens with zero attached hydrogens (tertiary/aromatic N) is 2. The van der Waals surface area contributed by atoms with Crippen molar-refractivity contribution in [2.75, 3.05) is 0 Å². The largest absolute Gasteiger partial charge is 0.411 e. The summed E-state index contributed by atoms with van der Waals surface area (Å²) in [5.41, 5.74) is 4.25. The van der Waals surface area contributed by atoms with Crippen LogP contribution in [0, 0.1) is 0 Å². The third kappa shape index (κ3) is 2.37. The van der Waals surface area contributed by atoms with Gasteiger partial charge in [0.05, 0.1) is 0 Å². The summed E-state index contributed by atoms with van der Waals surface area (Å²) in [4.78, 5) is 0. The molecule has 4 nitrogen and oxygen atoms in total. The van der Waals surface area contributed by atoms with E-state index in [1.165, 1.54) is 24.0 Å². The number of benzene rings is 1. The van der Waals surface area contributed by atoms with Crippen LogP contribution in [0.25, 0.3) is 0 Å². The highest BCUT2D eigenvalue weighted by Crippen LogP contribution is 2.22. The minimum absolute atomic E-state index is 0.355. The van der Waals surface area contributed by atoms with Crippen molar-refractivity contribution in [2.45, 2.75) is 39.0 Å². The van der Waals surface area contributed by atoms with Crippen LogP contribution in [0.5, 0.6) is 0 Å². The average Bonchev–Trinajstić information content (AvgIpc) is 2.44. The van der Waals surface area contributed by atoms with Crippen molar-refractivity contribution in [1.29, 1.82) is 0 Å². The van der Waals surface area contributed by atoms with Gasteiger partial charge in [0, 0.05) is 5.56 Å². The molecule has 2 N–H and O–H groups in total. The summed E-state index contributed by atoms with van der Waals surface area (Å²) in [5.74, 6) is 0. The first kappa shape index (κ1) is 12.6. The maximum absolute atomic E-state index is 9.11. The zero-order valence-electron chi connectivity index (χ0n) is 10.6. The molecule has 0 aliphatic heterocycles. The van der Waals surface area contributed by atoms with Gasteiger partial charge in [0.1, 0.15) is 11.4 Å². The Morgan fingerprint density at radius 1 is 1.11 bits per heavy atom. The highest BCUT2D eigenvalue weighted by molar-refractivity contribution is 6.48. The quantitative estimate of drug-likeness (QED) is 0.489. The molecule has 1 aliphatic carbocycles. The van der Waals surface area contributed by atoms with Gasteiger partial charge in [-0.2, -0.15) is 0 Å². The van der Waals surface area contributed by atoms with E-state index in [1.807, 2.05) is 19.1 Å². The molecule has 18 heavy (non-hydrogen) atoms. The van der Waals surface area contributed by atoms with Crippen LogP contribution in [-0.2, 0) is 12.8 Å². The zero-order valence-corrected chi connectivity index (χ0v) is 10.6. The van der Waals surface area contributed by atoms with Gasteiger partial charge in [0.15, 0.2) is 0 Å². The normalized spacial score (nSPS) is 16.5. The molecule has 1 aliphatic rings. The SMILES string of the molecule is CCC(=N/O)/C(=N\O)c1ccc2c(c1)CCCC2. The first-order chi connectivity index (χ1) is 8.80. The van der Waals surface area contributed by atoms with E-state index in [9.17, 15) is 0 Å². The number of rotatable bonds is 3. The van der Waals surface area contributed by atoms with Crippen LogP contribution in [0.4, 0.5) is 0 Å². The molecular formula is C14H18N2O2. The molecule has 2 rings (SSSR count). The van der Waals surface area contributed by atoms with E-state index in [1.54, 1.807) is 0 Å². The van der Waals surface area contributed by atoms with Crippen molar-refractivity contribution in [3.8, 4) is 0 Å². The number of oxime groups is 2. The van der Waals surface area contributed by atoms with Gasteiger partial charge in [0.2, 0.25) is 0 Å². The van der Waals surface area contributed by atoms with E-state index < -0.39 is 0 Å². The first-order valence-corrected chi connectivity index (χ1v) is 6.35. The molecule has 4 heteroatoms. The smallest absolute Gasteiger partial charge is 0.134 e. The highest BCUT2D eigenvalue weighted by Gasteiger charge is 2.15. The predicted octanol–water partition coefficient (Wildman–Crippen LogP) is 2.98. The number of fused-ring (bicyclic) bond motifs is 1. The number of hydrogen-bond donors (Lipinski definition) is 2. The van der Waals surface area contributed by atoms with Crippen molar-refractivity contribution in [2.24, 2.45) is 10.3 Å². The van der Waals surface area contributed by atoms with Crippen molar-refractivity contribution >= 4 is 11.4 Å². The number of aryl methyl sites for hydroxylation is 2. The standard InChI is InChI=1S/C14H18N2O2/c1-2-13(15-17)14(16-18)12-8-7-10-5-3-4-6-11(10)9-12/h7-9,17-18H,2-6H2,1H3/b15-13-,16-14-. The molecule has 1 aromatic carbocycles. The summed E-state index contributed by atoms with van der Waals surface area (Å²) in [6.07, 6.45) is 5.16. The molecule has 0 fully saturated rings. The third-order valence-electron chi connectivity index (χ3n) is 3.45. The second kappa shape index (κ2) is 5.67. The van der Waals surface area contributed by atoms with Gasteiger partial charge >= 0.3 is 0 Å². The van der Waals surface area contributed by atoms with Crippen LogP contribution in [0.2, 0.25) is 0 Å². The zero-order chi connectivity index (χ0) is 13.0. The minimum atomic E-state index is 0.355. The van der Waals surface area contributed by atoms with Crippen LogP contribution >= 0.6 is 0 Å². The number of hydrogen-bond acceptors (Lipinski definition) is 4. The lowest BCUT2D eigenvalue weighted by Crippen LogP contribution is -2.16. The fraction of sp³-hybridized carbons (Fsp3) is 0.429. The molecule has 1 aromatic rings. The van der Waals surface area contributed by atoms with Crippen molar-refractivity contribution in [1.82, 2.24) is 0 Å². The fourth-order valence-corrected chi connectivity index (χ4v) is 2.45. The molecule has 0 radical (unpaired) electrons. The Hall–Kier alpha value is -1.84. The summed E-state index contributed by atoms with van der Waals surface area (Å²) in [7, 11) is 0. The van der Waals surface area contributed by atoms with Gasteiger partial charge in [-0.1, -0.05) is 29.4 Å². The molecule has 0 heterocycles. The monoisotopic (exact) mass is 246 g/mol. The van der Waals surface area contributed by atoms with Gasteiger partial charge in [-0.05, 0) is 49.3 Å². The maximum atomic E-state index is 9.11. The molecule has 0 bridgehead atoms. The topological polar surface area (TPSA) is 65.2 Å². The first-order valence-electron chi connectivity index (χ1n) is 6.35. The van der Waals surface area contributed by atoms with Gasteiger partial charge < -0.3 is 10.4 Å². The maximum Gasteiger partial charge on any atom is 0.134 e. The molecule has 0 aromatic heterocycles. The van der Waals surface area contributed by atoms with Crippen LogP contribution in [0.1, 0.15) is 42.9 Å². The van der Waals surface area contributed by atoms with Crippen LogP contribution in [0.15, 0.2) is 28.5 Å². The predicted molar refractivity (Wildman–Crippen MR) is 70.9 cm³/mol. The lowest BCUT2D eigenvalue weighted by Gasteiger charge is -2.16. The second-order valence-electron chi connectivity index (χ2n) is 4.54. The van der Waals surface area contributed by atoms with E-state index in [0.29, 0.717) is 17.8 Å². The summed E-state index contributed by atoms with van der Waals surface area (Å²) >= 11 is 0. The van der Waals surface area contributed by atoms with E-state index in [0.717, 1.165) is 18.4 Å². The molecular weight excluding hydrogens is 228 g/mol. The summed E-state index contributed by atoms with van der Waals surface area (Å²) < 4.78 is 0. The van der Waals surface area contributed by atoms with Crippen LogP contribution < -0.4 is 0 Å². The van der Waals surface area contributed by atoms with Gasteiger partial charge in [-0.15, -0.1) is 0 Å². The second-order valence-corrected chi connectivity index (χ2v) is 4.54. The van der Waals surface area contributed by atoms with E-state index >= 15 is 0 Å². The van der Waals surface area contributed by atoms with Gasteiger partial charge in [0.25, 0.3) is 0 Å². The lowest BCUT2D eigenvalue weighted by atomic mass is 9.89. The minimum Gasteiger partial charge on any atom is -0.411 e. The van der Waals surface area contributed by atoms with E-state index in [4.69, 9.17) is 10.4 Å². The Kier molecular flexibility index (Phi) is 3.97. The Morgan fingerprint density at radius 3 is 2.44 bits per heavy atom.